The van der Waals surface area contributed by atoms with Gasteiger partial charge in [-0.25, -0.2) is 4.39 Å². The molecule has 3 rings (SSSR count). The van der Waals surface area contributed by atoms with Crippen LogP contribution < -0.4 is 5.32 Å². The second-order valence-corrected chi connectivity index (χ2v) is 7.41. The highest BCUT2D eigenvalue weighted by molar-refractivity contribution is 7.80. The number of nitrogens with zero attached hydrogens (tertiary/aromatic N) is 1. The van der Waals surface area contributed by atoms with Crippen molar-refractivity contribution < 1.29 is 9.13 Å². The van der Waals surface area contributed by atoms with E-state index in [2.05, 4.69) is 21.7 Å². The quantitative estimate of drug-likeness (QED) is 0.785. The number of halogens is 1. The van der Waals surface area contributed by atoms with E-state index in [-0.39, 0.29) is 11.9 Å². The number of ether oxygens (including phenoxy) is 1. The molecule has 0 saturated carbocycles. The molecule has 3 nitrogen and oxygen atoms in total. The van der Waals surface area contributed by atoms with Crippen LogP contribution in [-0.2, 0) is 11.3 Å². The minimum atomic E-state index is -0.230. The normalized spacial score (nSPS) is 17.0. The van der Waals surface area contributed by atoms with Gasteiger partial charge in [-0.2, -0.15) is 0 Å². The Kier molecular flexibility index (Phi) is 5.81. The van der Waals surface area contributed by atoms with Crippen LogP contribution in [0.5, 0.6) is 0 Å². The number of aryl methyl sites for hydroxylation is 1. The Morgan fingerprint density at radius 2 is 2.33 bits per heavy atom. The highest BCUT2D eigenvalue weighted by Gasteiger charge is 2.21. The van der Waals surface area contributed by atoms with Gasteiger partial charge in [-0.15, -0.1) is 11.3 Å². The SMILES string of the molecule is Cc1ccc(NC(=S)N(Cc2cccs2)C[C@H]2CCCO2)cc1F. The fourth-order valence-corrected chi connectivity index (χ4v) is 3.69. The van der Waals surface area contributed by atoms with Crippen molar-refractivity contribution in [2.24, 2.45) is 0 Å². The maximum absolute atomic E-state index is 13.7. The highest BCUT2D eigenvalue weighted by Crippen LogP contribution is 2.19. The Labute approximate surface area is 151 Å². The van der Waals surface area contributed by atoms with Crippen LogP contribution >= 0.6 is 23.6 Å². The zero-order chi connectivity index (χ0) is 16.9. The van der Waals surface area contributed by atoms with E-state index in [9.17, 15) is 4.39 Å². The molecule has 2 aromatic rings. The number of hydrogen-bond acceptors (Lipinski definition) is 3. The molecule has 1 aliphatic rings. The molecular formula is C18H21FN2OS2. The molecular weight excluding hydrogens is 343 g/mol. The molecule has 1 aromatic heterocycles. The zero-order valence-electron chi connectivity index (χ0n) is 13.6. The van der Waals surface area contributed by atoms with E-state index in [0.717, 1.165) is 32.5 Å². The summed E-state index contributed by atoms with van der Waals surface area (Å²) in [7, 11) is 0. The topological polar surface area (TPSA) is 24.5 Å². The van der Waals surface area contributed by atoms with Crippen LogP contribution in [0.2, 0.25) is 0 Å². The Morgan fingerprint density at radius 1 is 1.46 bits per heavy atom. The van der Waals surface area contributed by atoms with Gasteiger partial charge in [0.1, 0.15) is 5.82 Å². The van der Waals surface area contributed by atoms with Gasteiger partial charge in [0.25, 0.3) is 0 Å². The molecule has 1 aromatic carbocycles. The molecule has 0 aliphatic carbocycles. The first kappa shape index (κ1) is 17.3. The number of rotatable bonds is 5. The first-order valence-electron chi connectivity index (χ1n) is 8.08. The van der Waals surface area contributed by atoms with E-state index in [1.54, 1.807) is 24.3 Å². The van der Waals surface area contributed by atoms with Crippen LogP contribution in [0, 0.1) is 12.7 Å². The van der Waals surface area contributed by atoms with Crippen LogP contribution in [-0.4, -0.2) is 29.3 Å². The van der Waals surface area contributed by atoms with Crippen molar-refractivity contribution >= 4 is 34.4 Å². The molecule has 1 aliphatic heterocycles. The number of thiocarbonyl (C=S) groups is 1. The van der Waals surface area contributed by atoms with Crippen molar-refractivity contribution in [3.63, 3.8) is 0 Å². The van der Waals surface area contributed by atoms with Crippen LogP contribution in [0.3, 0.4) is 0 Å². The number of nitrogens with one attached hydrogen (secondary N) is 1. The molecule has 0 spiro atoms. The molecule has 1 saturated heterocycles. The Morgan fingerprint density at radius 3 is 3.00 bits per heavy atom. The van der Waals surface area contributed by atoms with Crippen molar-refractivity contribution in [3.05, 3.63) is 52.0 Å². The third-order valence-electron chi connectivity index (χ3n) is 4.09. The van der Waals surface area contributed by atoms with Gasteiger partial charge in [-0.05, 0) is 61.1 Å². The van der Waals surface area contributed by atoms with Crippen molar-refractivity contribution in [1.29, 1.82) is 0 Å². The lowest BCUT2D eigenvalue weighted by Gasteiger charge is -2.28. The maximum atomic E-state index is 13.7. The molecule has 0 amide bonds. The van der Waals surface area contributed by atoms with Gasteiger partial charge in [0.05, 0.1) is 12.6 Å². The molecule has 6 heteroatoms. The summed E-state index contributed by atoms with van der Waals surface area (Å²) in [5, 5.41) is 5.82. The molecule has 2 heterocycles. The Bertz CT molecular complexity index is 684. The molecule has 1 atom stereocenters. The second-order valence-electron chi connectivity index (χ2n) is 5.99. The Hall–Kier alpha value is -1.50. The molecule has 0 bridgehead atoms. The molecule has 128 valence electrons. The third-order valence-corrected chi connectivity index (χ3v) is 5.31. The molecule has 0 unspecified atom stereocenters. The summed E-state index contributed by atoms with van der Waals surface area (Å²) >= 11 is 7.29. The average molecular weight is 365 g/mol. The van der Waals surface area contributed by atoms with Gasteiger partial charge in [0.15, 0.2) is 5.11 Å². The first-order valence-corrected chi connectivity index (χ1v) is 9.36. The molecule has 1 fully saturated rings. The molecule has 0 radical (unpaired) electrons. The fourth-order valence-electron chi connectivity index (χ4n) is 2.72. The van der Waals surface area contributed by atoms with E-state index in [1.165, 1.54) is 10.9 Å². The van der Waals surface area contributed by atoms with Crippen LogP contribution in [0.1, 0.15) is 23.3 Å². The summed E-state index contributed by atoms with van der Waals surface area (Å²) in [4.78, 5) is 3.35. The summed E-state index contributed by atoms with van der Waals surface area (Å²) in [5.41, 5.74) is 1.30. The molecule has 24 heavy (non-hydrogen) atoms. The van der Waals surface area contributed by atoms with Gasteiger partial charge in [-0.3, -0.25) is 0 Å². The lowest BCUT2D eigenvalue weighted by molar-refractivity contribution is 0.0907. The number of anilines is 1. The van der Waals surface area contributed by atoms with Crippen molar-refractivity contribution in [3.8, 4) is 0 Å². The van der Waals surface area contributed by atoms with Crippen molar-refractivity contribution in [2.75, 3.05) is 18.5 Å². The number of benzene rings is 1. The summed E-state index contributed by atoms with van der Waals surface area (Å²) in [6.07, 6.45) is 2.36. The van der Waals surface area contributed by atoms with Gasteiger partial charge in [-0.1, -0.05) is 12.1 Å². The Balaban J connectivity index is 1.70. The van der Waals surface area contributed by atoms with Gasteiger partial charge < -0.3 is 15.0 Å². The van der Waals surface area contributed by atoms with Crippen molar-refractivity contribution in [1.82, 2.24) is 4.90 Å². The van der Waals surface area contributed by atoms with E-state index in [1.807, 2.05) is 12.1 Å². The summed E-state index contributed by atoms with van der Waals surface area (Å²) in [6.45, 7) is 4.05. The second kappa shape index (κ2) is 8.05. The van der Waals surface area contributed by atoms with Crippen LogP contribution in [0.15, 0.2) is 35.7 Å². The van der Waals surface area contributed by atoms with Crippen LogP contribution in [0.4, 0.5) is 10.1 Å². The fraction of sp³-hybridized carbons (Fsp3) is 0.389. The van der Waals surface area contributed by atoms with E-state index < -0.39 is 0 Å². The molecule has 1 N–H and O–H groups in total. The highest BCUT2D eigenvalue weighted by atomic mass is 32.1. The summed E-state index contributed by atoms with van der Waals surface area (Å²) in [6, 6.07) is 9.22. The zero-order valence-corrected chi connectivity index (χ0v) is 15.3. The lowest BCUT2D eigenvalue weighted by Crippen LogP contribution is -2.39. The lowest BCUT2D eigenvalue weighted by atomic mass is 10.2. The largest absolute Gasteiger partial charge is 0.376 e. The minimum Gasteiger partial charge on any atom is -0.376 e. The van der Waals surface area contributed by atoms with Gasteiger partial charge >= 0.3 is 0 Å². The third kappa shape index (κ3) is 4.53. The minimum absolute atomic E-state index is 0.208. The summed E-state index contributed by atoms with van der Waals surface area (Å²) < 4.78 is 19.5. The number of thiophene rings is 1. The average Bonchev–Trinajstić information content (AvgIpc) is 3.24. The monoisotopic (exact) mass is 364 g/mol. The maximum Gasteiger partial charge on any atom is 0.173 e. The predicted octanol–water partition coefficient (Wildman–Crippen LogP) is 4.57. The first-order chi connectivity index (χ1) is 11.6. The van der Waals surface area contributed by atoms with Gasteiger partial charge in [0, 0.05) is 23.7 Å². The standard InChI is InChI=1S/C18H21FN2OS2/c1-13-6-7-14(10-17(13)19)20-18(23)21(11-15-4-2-8-22-15)12-16-5-3-9-24-16/h3,5-7,9-10,15H,2,4,8,11-12H2,1H3,(H,20,23)/t15-/m1/s1. The number of hydrogen-bond donors (Lipinski definition) is 1. The summed E-state index contributed by atoms with van der Waals surface area (Å²) in [5.74, 6) is -0.230. The predicted molar refractivity (Wildman–Crippen MR) is 101 cm³/mol. The van der Waals surface area contributed by atoms with E-state index >= 15 is 0 Å². The van der Waals surface area contributed by atoms with E-state index in [0.29, 0.717) is 16.4 Å². The van der Waals surface area contributed by atoms with Gasteiger partial charge in [0.2, 0.25) is 0 Å². The van der Waals surface area contributed by atoms with Crippen LogP contribution in [0.25, 0.3) is 0 Å². The van der Waals surface area contributed by atoms with E-state index in [4.69, 9.17) is 17.0 Å². The smallest absolute Gasteiger partial charge is 0.173 e. The van der Waals surface area contributed by atoms with Crippen molar-refractivity contribution in [2.45, 2.75) is 32.4 Å².